The van der Waals surface area contributed by atoms with Crippen LogP contribution in [-0.4, -0.2) is 35.4 Å². The number of hydrogen-bond donors (Lipinski definition) is 3. The molecule has 0 unspecified atom stereocenters. The number of anilines is 2. The highest BCUT2D eigenvalue weighted by molar-refractivity contribution is 5.95. The van der Waals surface area contributed by atoms with E-state index in [9.17, 15) is 15.0 Å². The van der Waals surface area contributed by atoms with Gasteiger partial charge in [-0.15, -0.1) is 0 Å². The van der Waals surface area contributed by atoms with Crippen LogP contribution in [0.5, 0.6) is 0 Å². The molecule has 0 aromatic heterocycles. The molecule has 0 heterocycles. The molecule has 112 valence electrons. The number of carboxylic acids is 1. The quantitative estimate of drug-likeness (QED) is 0.667. The van der Waals surface area contributed by atoms with E-state index < -0.39 is 5.97 Å². The Kier molecular flexibility index (Phi) is 5.82. The zero-order chi connectivity index (χ0) is 15.3. The largest absolute Gasteiger partial charge is 0.478 e. The fourth-order valence-electron chi connectivity index (χ4n) is 2.48. The van der Waals surface area contributed by atoms with Crippen LogP contribution in [0, 0.1) is 6.92 Å². The topological polar surface area (TPSA) is 86.8 Å². The van der Waals surface area contributed by atoms with Crippen molar-refractivity contribution in [2.45, 2.75) is 39.7 Å². The third-order valence-corrected chi connectivity index (χ3v) is 3.66. The molecular weight excluding hydrogens is 256 g/mol. The Bertz CT molecular complexity index is 470. The van der Waals surface area contributed by atoms with Crippen molar-refractivity contribution in [1.82, 2.24) is 0 Å². The van der Waals surface area contributed by atoms with Gasteiger partial charge < -0.3 is 20.8 Å². The zero-order valence-corrected chi connectivity index (χ0v) is 12.4. The average Bonchev–Trinajstić information content (AvgIpc) is 2.41. The van der Waals surface area contributed by atoms with Crippen molar-refractivity contribution >= 4 is 17.3 Å². The van der Waals surface area contributed by atoms with Crippen molar-refractivity contribution in [2.24, 2.45) is 0 Å². The smallest absolute Gasteiger partial charge is 0.337 e. The number of carboxylic acid groups (broad SMARTS) is 1. The SMILES string of the molecule is CCC(CC)N(CCO)c1cc(C)c(N)c(C(=O)O)c1. The maximum Gasteiger partial charge on any atom is 0.337 e. The first-order valence-electron chi connectivity index (χ1n) is 6.97. The van der Waals surface area contributed by atoms with Crippen LogP contribution in [0.25, 0.3) is 0 Å². The van der Waals surface area contributed by atoms with Crippen molar-refractivity contribution < 1.29 is 15.0 Å². The van der Waals surface area contributed by atoms with E-state index in [4.69, 9.17) is 5.73 Å². The minimum Gasteiger partial charge on any atom is -0.478 e. The molecular formula is C15H24N2O3. The third-order valence-electron chi connectivity index (χ3n) is 3.66. The number of aliphatic hydroxyl groups is 1. The van der Waals surface area contributed by atoms with E-state index in [1.807, 2.05) is 6.07 Å². The molecule has 0 saturated carbocycles. The highest BCUT2D eigenvalue weighted by Crippen LogP contribution is 2.28. The highest BCUT2D eigenvalue weighted by Gasteiger charge is 2.19. The van der Waals surface area contributed by atoms with E-state index in [1.165, 1.54) is 0 Å². The molecule has 0 radical (unpaired) electrons. The molecule has 0 aliphatic rings. The van der Waals surface area contributed by atoms with Crippen molar-refractivity contribution in [1.29, 1.82) is 0 Å². The maximum atomic E-state index is 11.3. The van der Waals surface area contributed by atoms with Gasteiger partial charge in [0.05, 0.1) is 12.2 Å². The zero-order valence-electron chi connectivity index (χ0n) is 12.4. The van der Waals surface area contributed by atoms with Crippen LogP contribution in [0.4, 0.5) is 11.4 Å². The van der Waals surface area contributed by atoms with Crippen LogP contribution in [0.15, 0.2) is 12.1 Å². The summed E-state index contributed by atoms with van der Waals surface area (Å²) in [6.07, 6.45) is 1.87. The molecule has 0 saturated heterocycles. The molecule has 1 aromatic rings. The third kappa shape index (κ3) is 3.42. The number of carbonyl (C=O) groups is 1. The molecule has 1 rings (SSSR count). The number of aromatic carboxylic acids is 1. The molecule has 0 aliphatic heterocycles. The van der Waals surface area contributed by atoms with E-state index >= 15 is 0 Å². The second kappa shape index (κ2) is 7.14. The van der Waals surface area contributed by atoms with Crippen molar-refractivity contribution in [3.05, 3.63) is 23.3 Å². The van der Waals surface area contributed by atoms with Gasteiger partial charge in [-0.1, -0.05) is 13.8 Å². The molecule has 0 bridgehead atoms. The van der Waals surface area contributed by atoms with Gasteiger partial charge >= 0.3 is 5.97 Å². The van der Waals surface area contributed by atoms with Gasteiger partial charge in [-0.3, -0.25) is 0 Å². The van der Waals surface area contributed by atoms with E-state index in [1.54, 1.807) is 13.0 Å². The second-order valence-electron chi connectivity index (χ2n) is 4.92. The van der Waals surface area contributed by atoms with Gasteiger partial charge in [0.2, 0.25) is 0 Å². The first-order valence-corrected chi connectivity index (χ1v) is 6.97. The molecule has 0 atom stereocenters. The predicted octanol–water partition coefficient (Wildman–Crippen LogP) is 2.26. The summed E-state index contributed by atoms with van der Waals surface area (Å²) in [6, 6.07) is 3.75. The fraction of sp³-hybridized carbons (Fsp3) is 0.533. The van der Waals surface area contributed by atoms with Gasteiger partial charge in [-0.05, 0) is 37.5 Å². The summed E-state index contributed by atoms with van der Waals surface area (Å²) in [4.78, 5) is 13.3. The Labute approximate surface area is 120 Å². The van der Waals surface area contributed by atoms with E-state index in [0.29, 0.717) is 12.2 Å². The average molecular weight is 280 g/mol. The molecule has 20 heavy (non-hydrogen) atoms. The van der Waals surface area contributed by atoms with Crippen LogP contribution < -0.4 is 10.6 Å². The van der Waals surface area contributed by atoms with Gasteiger partial charge in [0.25, 0.3) is 0 Å². The minimum absolute atomic E-state index is 0.0301. The molecule has 1 aromatic carbocycles. The monoisotopic (exact) mass is 280 g/mol. The molecule has 5 nitrogen and oxygen atoms in total. The lowest BCUT2D eigenvalue weighted by atomic mass is 10.0. The lowest BCUT2D eigenvalue weighted by Crippen LogP contribution is -2.37. The number of aryl methyl sites for hydroxylation is 1. The summed E-state index contributed by atoms with van der Waals surface area (Å²) in [6.45, 7) is 6.48. The molecule has 0 spiro atoms. The Hall–Kier alpha value is -1.75. The lowest BCUT2D eigenvalue weighted by molar-refractivity contribution is 0.0698. The number of aliphatic hydroxyl groups excluding tert-OH is 1. The van der Waals surface area contributed by atoms with Gasteiger partial charge in [-0.2, -0.15) is 0 Å². The van der Waals surface area contributed by atoms with Crippen LogP contribution in [0.1, 0.15) is 42.6 Å². The van der Waals surface area contributed by atoms with Crippen LogP contribution in [0.2, 0.25) is 0 Å². The molecule has 5 heteroatoms. The van der Waals surface area contributed by atoms with Gasteiger partial charge in [0, 0.05) is 24.0 Å². The summed E-state index contributed by atoms with van der Waals surface area (Å²) in [5.74, 6) is -1.03. The normalized spacial score (nSPS) is 10.8. The van der Waals surface area contributed by atoms with Gasteiger partial charge in [0.1, 0.15) is 0 Å². The Balaban J connectivity index is 3.29. The van der Waals surface area contributed by atoms with E-state index in [0.717, 1.165) is 24.1 Å². The molecule has 0 amide bonds. The Morgan fingerprint density at radius 2 is 1.95 bits per heavy atom. The van der Waals surface area contributed by atoms with Crippen LogP contribution in [-0.2, 0) is 0 Å². The number of benzene rings is 1. The second-order valence-corrected chi connectivity index (χ2v) is 4.92. The first-order chi connectivity index (χ1) is 9.46. The summed E-state index contributed by atoms with van der Waals surface area (Å²) in [7, 11) is 0. The van der Waals surface area contributed by atoms with Gasteiger partial charge in [0.15, 0.2) is 0 Å². The molecule has 0 fully saturated rings. The van der Waals surface area contributed by atoms with E-state index in [2.05, 4.69) is 18.7 Å². The number of nitrogen functional groups attached to an aromatic ring is 1. The Morgan fingerprint density at radius 1 is 1.35 bits per heavy atom. The standard InChI is InChI=1S/C15H24N2O3/c1-4-11(5-2)17(6-7-18)12-8-10(3)14(16)13(9-12)15(19)20/h8-9,11,18H,4-7,16H2,1-3H3,(H,19,20). The summed E-state index contributed by atoms with van der Waals surface area (Å²) >= 11 is 0. The summed E-state index contributed by atoms with van der Waals surface area (Å²) < 4.78 is 0. The van der Waals surface area contributed by atoms with Crippen LogP contribution in [0.3, 0.4) is 0 Å². The molecule has 0 aliphatic carbocycles. The summed E-state index contributed by atoms with van der Waals surface area (Å²) in [5.41, 5.74) is 7.79. The van der Waals surface area contributed by atoms with Crippen molar-refractivity contribution in [3.63, 3.8) is 0 Å². The first kappa shape index (κ1) is 16.3. The lowest BCUT2D eigenvalue weighted by Gasteiger charge is -2.33. The number of rotatable bonds is 7. The van der Waals surface area contributed by atoms with Crippen LogP contribution >= 0.6 is 0 Å². The minimum atomic E-state index is -1.03. The van der Waals surface area contributed by atoms with E-state index in [-0.39, 0.29) is 18.2 Å². The predicted molar refractivity (Wildman–Crippen MR) is 81.4 cm³/mol. The highest BCUT2D eigenvalue weighted by atomic mass is 16.4. The number of hydrogen-bond acceptors (Lipinski definition) is 4. The van der Waals surface area contributed by atoms with Gasteiger partial charge in [-0.25, -0.2) is 4.79 Å². The Morgan fingerprint density at radius 3 is 2.40 bits per heavy atom. The number of nitrogens with two attached hydrogens (primary N) is 1. The fourth-order valence-corrected chi connectivity index (χ4v) is 2.48. The van der Waals surface area contributed by atoms with Crippen molar-refractivity contribution in [2.75, 3.05) is 23.8 Å². The van der Waals surface area contributed by atoms with Crippen molar-refractivity contribution in [3.8, 4) is 0 Å². The number of nitrogens with zero attached hydrogens (tertiary/aromatic N) is 1. The maximum absolute atomic E-state index is 11.3. The summed E-state index contributed by atoms with van der Waals surface area (Å²) in [5, 5.41) is 18.5. The molecule has 4 N–H and O–H groups in total.